The summed E-state index contributed by atoms with van der Waals surface area (Å²) >= 11 is 3.26. The Bertz CT molecular complexity index is 748. The van der Waals surface area contributed by atoms with E-state index in [9.17, 15) is 8.78 Å². The number of hydrogen-bond acceptors (Lipinski definition) is 3. The summed E-state index contributed by atoms with van der Waals surface area (Å²) in [5.41, 5.74) is 1.53. The summed E-state index contributed by atoms with van der Waals surface area (Å²) in [6.45, 7) is 2.04. The predicted molar refractivity (Wildman–Crippen MR) is 86.1 cm³/mol. The normalized spacial score (nSPS) is 10.8. The minimum absolute atomic E-state index is 0.0546. The molecule has 5 heteroatoms. The van der Waals surface area contributed by atoms with E-state index in [4.69, 9.17) is 0 Å². The highest BCUT2D eigenvalue weighted by Crippen LogP contribution is 2.30. The second kappa shape index (κ2) is 5.95. The van der Waals surface area contributed by atoms with Gasteiger partial charge in [-0.1, -0.05) is 12.1 Å². The van der Waals surface area contributed by atoms with Gasteiger partial charge in [0.1, 0.15) is 11.5 Å². The average Bonchev–Trinajstić information content (AvgIpc) is 3.13. The lowest BCUT2D eigenvalue weighted by Crippen LogP contribution is -2.03. The SMILES string of the molecule is Cc1ccc(F)c(NCc2cc(-c3cccs3)cs2)c1F. The lowest BCUT2D eigenvalue weighted by atomic mass is 10.2. The molecule has 21 heavy (non-hydrogen) atoms. The Morgan fingerprint density at radius 1 is 1.14 bits per heavy atom. The van der Waals surface area contributed by atoms with Crippen molar-refractivity contribution in [3.63, 3.8) is 0 Å². The number of hydrogen-bond donors (Lipinski definition) is 1. The Kier molecular flexibility index (Phi) is 4.03. The third-order valence-corrected chi connectivity index (χ3v) is 5.04. The first kappa shape index (κ1) is 14.2. The first-order valence-corrected chi connectivity index (χ1v) is 8.21. The fraction of sp³-hybridized carbons (Fsp3) is 0.125. The second-order valence-corrected chi connectivity index (χ2v) is 6.63. The van der Waals surface area contributed by atoms with Crippen LogP contribution in [0.1, 0.15) is 10.4 Å². The van der Waals surface area contributed by atoms with Crippen LogP contribution in [0.5, 0.6) is 0 Å². The van der Waals surface area contributed by atoms with Crippen molar-refractivity contribution in [2.24, 2.45) is 0 Å². The maximum atomic E-state index is 13.9. The van der Waals surface area contributed by atoms with Gasteiger partial charge in [-0.15, -0.1) is 22.7 Å². The molecule has 3 aromatic rings. The van der Waals surface area contributed by atoms with Gasteiger partial charge in [0.05, 0.1) is 0 Å². The fourth-order valence-corrected chi connectivity index (χ4v) is 3.65. The Balaban J connectivity index is 1.76. The van der Waals surface area contributed by atoms with Crippen molar-refractivity contribution in [2.45, 2.75) is 13.5 Å². The molecule has 0 aliphatic rings. The third kappa shape index (κ3) is 2.99. The van der Waals surface area contributed by atoms with Gasteiger partial charge < -0.3 is 5.32 Å². The van der Waals surface area contributed by atoms with Crippen molar-refractivity contribution in [1.82, 2.24) is 0 Å². The summed E-state index contributed by atoms with van der Waals surface area (Å²) in [7, 11) is 0. The van der Waals surface area contributed by atoms with E-state index in [1.165, 1.54) is 17.0 Å². The molecular weight excluding hydrogens is 308 g/mol. The van der Waals surface area contributed by atoms with E-state index in [2.05, 4.69) is 22.8 Å². The van der Waals surface area contributed by atoms with Gasteiger partial charge in [0.2, 0.25) is 0 Å². The Morgan fingerprint density at radius 3 is 2.76 bits per heavy atom. The van der Waals surface area contributed by atoms with E-state index in [-0.39, 0.29) is 5.69 Å². The van der Waals surface area contributed by atoms with Crippen molar-refractivity contribution >= 4 is 28.4 Å². The van der Waals surface area contributed by atoms with Crippen LogP contribution in [0, 0.1) is 18.6 Å². The van der Waals surface area contributed by atoms with E-state index in [0.717, 1.165) is 10.4 Å². The van der Waals surface area contributed by atoms with E-state index in [0.29, 0.717) is 12.1 Å². The van der Waals surface area contributed by atoms with Crippen molar-refractivity contribution in [2.75, 3.05) is 5.32 Å². The fourth-order valence-electron chi connectivity index (χ4n) is 2.04. The van der Waals surface area contributed by atoms with Crippen LogP contribution in [0.25, 0.3) is 10.4 Å². The zero-order valence-electron chi connectivity index (χ0n) is 11.3. The minimum Gasteiger partial charge on any atom is -0.375 e. The van der Waals surface area contributed by atoms with E-state index >= 15 is 0 Å². The number of nitrogens with one attached hydrogen (secondary N) is 1. The van der Waals surface area contributed by atoms with Crippen molar-refractivity contribution < 1.29 is 8.78 Å². The quantitative estimate of drug-likeness (QED) is 0.652. The van der Waals surface area contributed by atoms with Gasteiger partial charge in [0.25, 0.3) is 0 Å². The number of rotatable bonds is 4. The van der Waals surface area contributed by atoms with Crippen molar-refractivity contribution in [1.29, 1.82) is 0 Å². The summed E-state index contributed by atoms with van der Waals surface area (Å²) in [6, 6.07) is 8.84. The molecule has 1 aromatic carbocycles. The van der Waals surface area contributed by atoms with Gasteiger partial charge >= 0.3 is 0 Å². The van der Waals surface area contributed by atoms with Crippen LogP contribution in [0.15, 0.2) is 41.1 Å². The summed E-state index contributed by atoms with van der Waals surface area (Å²) in [5.74, 6) is -1.09. The van der Waals surface area contributed by atoms with E-state index in [1.807, 2.05) is 11.4 Å². The van der Waals surface area contributed by atoms with Gasteiger partial charge in [-0.3, -0.25) is 0 Å². The molecule has 0 unspecified atom stereocenters. The van der Waals surface area contributed by atoms with E-state index < -0.39 is 11.6 Å². The monoisotopic (exact) mass is 321 g/mol. The molecule has 0 amide bonds. The number of thiophene rings is 2. The first-order valence-electron chi connectivity index (χ1n) is 6.45. The molecule has 1 N–H and O–H groups in total. The van der Waals surface area contributed by atoms with Crippen molar-refractivity contribution in [3.05, 3.63) is 63.2 Å². The van der Waals surface area contributed by atoms with Gasteiger partial charge in [0.15, 0.2) is 5.82 Å². The molecular formula is C16H13F2NS2. The van der Waals surface area contributed by atoms with Gasteiger partial charge in [-0.05, 0) is 41.4 Å². The van der Waals surface area contributed by atoms with Crippen LogP contribution in [0.2, 0.25) is 0 Å². The number of benzene rings is 1. The maximum absolute atomic E-state index is 13.9. The summed E-state index contributed by atoms with van der Waals surface area (Å²) < 4.78 is 27.6. The summed E-state index contributed by atoms with van der Waals surface area (Å²) in [6.07, 6.45) is 0. The molecule has 0 spiro atoms. The lowest BCUT2D eigenvalue weighted by Gasteiger charge is -2.09. The Morgan fingerprint density at radius 2 is 2.00 bits per heavy atom. The highest BCUT2D eigenvalue weighted by molar-refractivity contribution is 7.14. The lowest BCUT2D eigenvalue weighted by molar-refractivity contribution is 0.582. The third-order valence-electron chi connectivity index (χ3n) is 3.18. The number of anilines is 1. The number of halogens is 2. The smallest absolute Gasteiger partial charge is 0.152 e. The molecule has 0 saturated heterocycles. The molecule has 3 rings (SSSR count). The van der Waals surface area contributed by atoms with Crippen LogP contribution < -0.4 is 5.32 Å². The summed E-state index contributed by atoms with van der Waals surface area (Å²) in [5, 5.41) is 6.95. The Hall–Kier alpha value is -1.72. The maximum Gasteiger partial charge on any atom is 0.152 e. The van der Waals surface area contributed by atoms with Crippen LogP contribution >= 0.6 is 22.7 Å². The zero-order chi connectivity index (χ0) is 14.8. The molecule has 0 saturated carbocycles. The Labute approximate surface area is 129 Å². The zero-order valence-corrected chi connectivity index (χ0v) is 13.0. The second-order valence-electron chi connectivity index (χ2n) is 4.69. The standard InChI is InChI=1S/C16H13F2NS2/c1-10-4-5-13(17)16(15(10)18)19-8-12-7-11(9-21-12)14-3-2-6-20-14/h2-7,9,19H,8H2,1H3. The van der Waals surface area contributed by atoms with Crippen LogP contribution in [0.4, 0.5) is 14.5 Å². The topological polar surface area (TPSA) is 12.0 Å². The predicted octanol–water partition coefficient (Wildman–Crippen LogP) is 5.68. The highest BCUT2D eigenvalue weighted by Gasteiger charge is 2.11. The molecule has 0 radical (unpaired) electrons. The number of aryl methyl sites for hydroxylation is 1. The van der Waals surface area contributed by atoms with Crippen LogP contribution in [0.3, 0.4) is 0 Å². The van der Waals surface area contributed by atoms with E-state index in [1.54, 1.807) is 29.6 Å². The largest absolute Gasteiger partial charge is 0.375 e. The molecule has 0 fully saturated rings. The van der Waals surface area contributed by atoms with Crippen LogP contribution in [-0.4, -0.2) is 0 Å². The average molecular weight is 321 g/mol. The molecule has 0 bridgehead atoms. The molecule has 2 heterocycles. The molecule has 1 nitrogen and oxygen atoms in total. The molecule has 2 aromatic heterocycles. The summed E-state index contributed by atoms with van der Waals surface area (Å²) in [4.78, 5) is 2.24. The van der Waals surface area contributed by atoms with Crippen LogP contribution in [-0.2, 0) is 6.54 Å². The van der Waals surface area contributed by atoms with Gasteiger partial charge in [-0.2, -0.15) is 0 Å². The van der Waals surface area contributed by atoms with Gasteiger partial charge in [0, 0.05) is 21.9 Å². The first-order chi connectivity index (χ1) is 10.1. The molecule has 0 atom stereocenters. The molecule has 0 aliphatic heterocycles. The van der Waals surface area contributed by atoms with Crippen molar-refractivity contribution in [3.8, 4) is 10.4 Å². The van der Waals surface area contributed by atoms with Gasteiger partial charge in [-0.25, -0.2) is 8.78 Å². The highest BCUT2D eigenvalue weighted by atomic mass is 32.1. The molecule has 0 aliphatic carbocycles. The minimum atomic E-state index is -0.562. The molecule has 108 valence electrons.